The summed E-state index contributed by atoms with van der Waals surface area (Å²) in [7, 11) is 0. The molecule has 74 valence electrons. The minimum atomic E-state index is -1.04. The summed E-state index contributed by atoms with van der Waals surface area (Å²) in [5.74, 6) is -1.34. The van der Waals surface area contributed by atoms with Crippen molar-refractivity contribution >= 4 is 5.97 Å². The van der Waals surface area contributed by atoms with Gasteiger partial charge in [0, 0.05) is 24.4 Å². The SMILES string of the molecule is O=C(O)/C=C/NCc1ccccc1F. The van der Waals surface area contributed by atoms with E-state index in [2.05, 4.69) is 5.32 Å². The second-order valence-electron chi connectivity index (χ2n) is 2.64. The van der Waals surface area contributed by atoms with Crippen LogP contribution in [0.4, 0.5) is 4.39 Å². The number of halogens is 1. The van der Waals surface area contributed by atoms with Gasteiger partial charge in [-0.2, -0.15) is 0 Å². The summed E-state index contributed by atoms with van der Waals surface area (Å²) in [5, 5.41) is 10.9. The second kappa shape index (κ2) is 5.01. The van der Waals surface area contributed by atoms with Gasteiger partial charge in [0.2, 0.25) is 0 Å². The molecule has 0 unspecified atom stereocenters. The minimum absolute atomic E-state index is 0.274. The smallest absolute Gasteiger partial charge is 0.329 e. The normalized spacial score (nSPS) is 10.4. The molecule has 0 saturated heterocycles. The third-order valence-corrected chi connectivity index (χ3v) is 1.59. The van der Waals surface area contributed by atoms with E-state index in [1.54, 1.807) is 18.2 Å². The molecular formula is C10H10FNO2. The number of rotatable bonds is 4. The zero-order valence-electron chi connectivity index (χ0n) is 7.40. The van der Waals surface area contributed by atoms with Crippen LogP contribution in [0.15, 0.2) is 36.5 Å². The third-order valence-electron chi connectivity index (χ3n) is 1.59. The summed E-state index contributed by atoms with van der Waals surface area (Å²) < 4.78 is 13.0. The Hall–Kier alpha value is -1.84. The molecule has 0 aliphatic rings. The fourth-order valence-corrected chi connectivity index (χ4v) is 0.941. The Morgan fingerprint density at radius 1 is 1.50 bits per heavy atom. The van der Waals surface area contributed by atoms with E-state index >= 15 is 0 Å². The molecule has 1 aromatic carbocycles. The lowest BCUT2D eigenvalue weighted by Gasteiger charge is -2.01. The first-order valence-electron chi connectivity index (χ1n) is 4.06. The van der Waals surface area contributed by atoms with Crippen molar-refractivity contribution in [2.45, 2.75) is 6.54 Å². The van der Waals surface area contributed by atoms with E-state index in [1.165, 1.54) is 12.3 Å². The van der Waals surface area contributed by atoms with E-state index in [9.17, 15) is 9.18 Å². The second-order valence-corrected chi connectivity index (χ2v) is 2.64. The van der Waals surface area contributed by atoms with Crippen molar-refractivity contribution in [3.05, 3.63) is 47.9 Å². The summed E-state index contributed by atoms with van der Waals surface area (Å²) in [6, 6.07) is 6.32. The van der Waals surface area contributed by atoms with E-state index in [4.69, 9.17) is 5.11 Å². The van der Waals surface area contributed by atoms with Gasteiger partial charge in [-0.3, -0.25) is 0 Å². The Bertz CT molecular complexity index is 350. The van der Waals surface area contributed by atoms with Crippen LogP contribution in [-0.2, 0) is 11.3 Å². The average molecular weight is 195 g/mol. The van der Waals surface area contributed by atoms with Crippen LogP contribution in [0.1, 0.15) is 5.56 Å². The van der Waals surface area contributed by atoms with Gasteiger partial charge >= 0.3 is 5.97 Å². The van der Waals surface area contributed by atoms with Crippen LogP contribution in [0.5, 0.6) is 0 Å². The lowest BCUT2D eigenvalue weighted by atomic mass is 10.2. The van der Waals surface area contributed by atoms with Gasteiger partial charge in [-0.05, 0) is 6.07 Å². The van der Waals surface area contributed by atoms with Crippen molar-refractivity contribution in [1.29, 1.82) is 0 Å². The van der Waals surface area contributed by atoms with Crippen molar-refractivity contribution in [1.82, 2.24) is 5.32 Å². The lowest BCUT2D eigenvalue weighted by Crippen LogP contribution is -2.07. The molecule has 14 heavy (non-hydrogen) atoms. The van der Waals surface area contributed by atoms with Crippen molar-refractivity contribution in [3.8, 4) is 0 Å². The van der Waals surface area contributed by atoms with Gasteiger partial charge in [-0.1, -0.05) is 18.2 Å². The Morgan fingerprint density at radius 2 is 2.21 bits per heavy atom. The van der Waals surface area contributed by atoms with Crippen LogP contribution in [0, 0.1) is 5.82 Å². The molecule has 0 amide bonds. The summed E-state index contributed by atoms with van der Waals surface area (Å²) in [4.78, 5) is 10.1. The number of aliphatic carboxylic acids is 1. The van der Waals surface area contributed by atoms with Gasteiger partial charge in [-0.15, -0.1) is 0 Å². The first-order valence-corrected chi connectivity index (χ1v) is 4.06. The van der Waals surface area contributed by atoms with Gasteiger partial charge in [0.1, 0.15) is 5.82 Å². The van der Waals surface area contributed by atoms with E-state index in [0.717, 1.165) is 6.08 Å². The molecule has 0 fully saturated rings. The molecule has 4 heteroatoms. The van der Waals surface area contributed by atoms with Crippen molar-refractivity contribution < 1.29 is 14.3 Å². The van der Waals surface area contributed by atoms with Gasteiger partial charge in [-0.25, -0.2) is 9.18 Å². The summed E-state index contributed by atoms with van der Waals surface area (Å²) >= 11 is 0. The highest BCUT2D eigenvalue weighted by Crippen LogP contribution is 2.04. The fourth-order valence-electron chi connectivity index (χ4n) is 0.941. The highest BCUT2D eigenvalue weighted by molar-refractivity contribution is 5.79. The number of benzene rings is 1. The Kier molecular flexibility index (Phi) is 3.67. The average Bonchev–Trinajstić information content (AvgIpc) is 2.15. The maximum atomic E-state index is 13.0. The quantitative estimate of drug-likeness (QED) is 0.716. The summed E-state index contributed by atoms with van der Waals surface area (Å²) in [5.41, 5.74) is 0.502. The van der Waals surface area contributed by atoms with E-state index < -0.39 is 5.97 Å². The van der Waals surface area contributed by atoms with Crippen LogP contribution in [0.2, 0.25) is 0 Å². The topological polar surface area (TPSA) is 49.3 Å². The number of hydrogen-bond donors (Lipinski definition) is 2. The molecule has 1 rings (SSSR count). The molecule has 2 N–H and O–H groups in total. The number of nitrogens with one attached hydrogen (secondary N) is 1. The predicted molar refractivity (Wildman–Crippen MR) is 50.0 cm³/mol. The van der Waals surface area contributed by atoms with Crippen LogP contribution in [-0.4, -0.2) is 11.1 Å². The first-order chi connectivity index (χ1) is 6.70. The third kappa shape index (κ3) is 3.26. The lowest BCUT2D eigenvalue weighted by molar-refractivity contribution is -0.131. The molecule has 0 saturated carbocycles. The Balaban J connectivity index is 2.46. The maximum absolute atomic E-state index is 13.0. The number of hydrogen-bond acceptors (Lipinski definition) is 2. The van der Waals surface area contributed by atoms with Crippen LogP contribution < -0.4 is 5.32 Å². The number of carbonyl (C=O) groups is 1. The highest BCUT2D eigenvalue weighted by atomic mass is 19.1. The van der Waals surface area contributed by atoms with Gasteiger partial charge in [0.25, 0.3) is 0 Å². The van der Waals surface area contributed by atoms with Crippen LogP contribution in [0.3, 0.4) is 0 Å². The monoisotopic (exact) mass is 195 g/mol. The molecule has 0 atom stereocenters. The molecule has 1 aromatic rings. The number of carboxylic acids is 1. The van der Waals surface area contributed by atoms with Crippen LogP contribution in [0.25, 0.3) is 0 Å². The standard InChI is InChI=1S/C10H10FNO2/c11-9-4-2-1-3-8(9)7-12-6-5-10(13)14/h1-6,12H,7H2,(H,13,14)/b6-5+. The summed E-state index contributed by atoms with van der Waals surface area (Å²) in [6.07, 6.45) is 2.23. The summed E-state index contributed by atoms with van der Waals surface area (Å²) in [6.45, 7) is 0.274. The zero-order chi connectivity index (χ0) is 10.4. The van der Waals surface area contributed by atoms with Gasteiger partial charge in [0.05, 0.1) is 0 Å². The Morgan fingerprint density at radius 3 is 2.86 bits per heavy atom. The molecule has 0 aliphatic heterocycles. The molecule has 0 spiro atoms. The minimum Gasteiger partial charge on any atom is -0.478 e. The highest BCUT2D eigenvalue weighted by Gasteiger charge is 1.97. The predicted octanol–water partition coefficient (Wildman–Crippen LogP) is 1.51. The molecular weight excluding hydrogens is 185 g/mol. The molecule has 0 aliphatic carbocycles. The van der Waals surface area contributed by atoms with E-state index in [0.29, 0.717) is 5.56 Å². The molecule has 0 bridgehead atoms. The van der Waals surface area contributed by atoms with Crippen molar-refractivity contribution in [3.63, 3.8) is 0 Å². The molecule has 0 aromatic heterocycles. The van der Waals surface area contributed by atoms with Gasteiger partial charge in [0.15, 0.2) is 0 Å². The first kappa shape index (κ1) is 10.2. The molecule has 0 heterocycles. The van der Waals surface area contributed by atoms with E-state index in [-0.39, 0.29) is 12.4 Å². The van der Waals surface area contributed by atoms with Gasteiger partial charge < -0.3 is 10.4 Å². The van der Waals surface area contributed by atoms with Crippen LogP contribution >= 0.6 is 0 Å². The fraction of sp³-hybridized carbons (Fsp3) is 0.100. The van der Waals surface area contributed by atoms with Crippen molar-refractivity contribution in [2.24, 2.45) is 0 Å². The van der Waals surface area contributed by atoms with Crippen molar-refractivity contribution in [2.75, 3.05) is 0 Å². The zero-order valence-corrected chi connectivity index (χ0v) is 7.40. The Labute approximate surface area is 80.9 Å². The van der Waals surface area contributed by atoms with E-state index in [1.807, 2.05) is 0 Å². The molecule has 0 radical (unpaired) electrons. The largest absolute Gasteiger partial charge is 0.478 e. The number of carboxylic acid groups (broad SMARTS) is 1. The molecule has 3 nitrogen and oxygen atoms in total. The maximum Gasteiger partial charge on any atom is 0.329 e.